The molecule has 0 N–H and O–H groups in total. The number of piperidine rings is 2. The summed E-state index contributed by atoms with van der Waals surface area (Å²) in [6.07, 6.45) is 12.6. The van der Waals surface area contributed by atoms with E-state index in [2.05, 4.69) is 59.5 Å². The minimum atomic E-state index is 0.624. The van der Waals surface area contributed by atoms with Crippen molar-refractivity contribution in [3.8, 4) is 22.8 Å². The molecule has 3 aliphatic rings. The van der Waals surface area contributed by atoms with Crippen LogP contribution in [0.15, 0.2) is 36.7 Å². The van der Waals surface area contributed by atoms with E-state index in [0.717, 1.165) is 52.4 Å². The fourth-order valence-corrected chi connectivity index (χ4v) is 7.52. The van der Waals surface area contributed by atoms with Crippen molar-refractivity contribution in [2.24, 2.45) is 5.92 Å². The molecule has 1 aromatic carbocycles. The number of benzene rings is 1. The summed E-state index contributed by atoms with van der Waals surface area (Å²) in [4.78, 5) is 10.7. The zero-order valence-corrected chi connectivity index (χ0v) is 23.8. The van der Waals surface area contributed by atoms with Gasteiger partial charge in [0.2, 0.25) is 0 Å². The SMILES string of the molecule is COc1ccc(-c2cn3cc(C4CCN(C5CC6CCC(C5)N6CC(C)C)CC4)cc(C)c3n2)cc1OC. The van der Waals surface area contributed by atoms with Gasteiger partial charge < -0.3 is 18.8 Å². The van der Waals surface area contributed by atoms with Crippen LogP contribution in [0.2, 0.25) is 0 Å². The van der Waals surface area contributed by atoms with Crippen LogP contribution in [0, 0.1) is 12.8 Å². The van der Waals surface area contributed by atoms with E-state index < -0.39 is 0 Å². The highest BCUT2D eigenvalue weighted by molar-refractivity contribution is 5.67. The van der Waals surface area contributed by atoms with Crippen LogP contribution in [0.3, 0.4) is 0 Å². The zero-order valence-electron chi connectivity index (χ0n) is 23.8. The van der Waals surface area contributed by atoms with Gasteiger partial charge >= 0.3 is 0 Å². The molecule has 204 valence electrons. The number of rotatable bonds is 7. The summed E-state index contributed by atoms with van der Waals surface area (Å²) in [7, 11) is 3.34. The number of methoxy groups -OCH3 is 2. The second-order valence-corrected chi connectivity index (χ2v) is 12.3. The van der Waals surface area contributed by atoms with E-state index >= 15 is 0 Å². The maximum absolute atomic E-state index is 5.52. The fourth-order valence-electron chi connectivity index (χ4n) is 7.52. The summed E-state index contributed by atoms with van der Waals surface area (Å²) < 4.78 is 13.2. The Morgan fingerprint density at radius 1 is 0.895 bits per heavy atom. The van der Waals surface area contributed by atoms with Gasteiger partial charge in [-0.2, -0.15) is 0 Å². The molecule has 3 aromatic rings. The Kier molecular flexibility index (Phi) is 7.12. The molecule has 38 heavy (non-hydrogen) atoms. The summed E-state index contributed by atoms with van der Waals surface area (Å²) in [5.74, 6) is 2.86. The molecular formula is C32H44N4O2. The summed E-state index contributed by atoms with van der Waals surface area (Å²) in [5, 5.41) is 0. The molecule has 2 atom stereocenters. The van der Waals surface area contributed by atoms with Gasteiger partial charge in [0.05, 0.1) is 19.9 Å². The van der Waals surface area contributed by atoms with Crippen molar-refractivity contribution in [2.45, 2.75) is 83.3 Å². The monoisotopic (exact) mass is 516 g/mol. The summed E-state index contributed by atoms with van der Waals surface area (Å²) >= 11 is 0. The predicted octanol–water partition coefficient (Wildman–Crippen LogP) is 6.16. The molecule has 3 saturated heterocycles. The first-order valence-electron chi connectivity index (χ1n) is 14.6. The zero-order chi connectivity index (χ0) is 26.4. The molecule has 0 saturated carbocycles. The van der Waals surface area contributed by atoms with Crippen molar-refractivity contribution in [1.29, 1.82) is 0 Å². The van der Waals surface area contributed by atoms with Crippen molar-refractivity contribution >= 4 is 5.65 Å². The molecule has 2 aromatic heterocycles. The van der Waals surface area contributed by atoms with Gasteiger partial charge in [0, 0.05) is 42.6 Å². The maximum Gasteiger partial charge on any atom is 0.161 e. The number of aryl methyl sites for hydroxylation is 1. The maximum atomic E-state index is 5.52. The number of likely N-dealkylation sites (tertiary alicyclic amines) is 1. The Hall–Kier alpha value is -2.57. The van der Waals surface area contributed by atoms with Crippen molar-refractivity contribution < 1.29 is 9.47 Å². The molecule has 0 spiro atoms. The molecule has 3 fully saturated rings. The molecule has 2 bridgehead atoms. The van der Waals surface area contributed by atoms with Crippen LogP contribution in [0.4, 0.5) is 0 Å². The van der Waals surface area contributed by atoms with Crippen molar-refractivity contribution in [1.82, 2.24) is 19.2 Å². The van der Waals surface area contributed by atoms with Gasteiger partial charge in [-0.1, -0.05) is 19.9 Å². The third-order valence-corrected chi connectivity index (χ3v) is 9.39. The number of fused-ring (bicyclic) bond motifs is 3. The molecule has 3 aliphatic heterocycles. The number of hydrogen-bond donors (Lipinski definition) is 0. The topological polar surface area (TPSA) is 42.2 Å². The number of aromatic nitrogens is 2. The molecule has 6 heteroatoms. The van der Waals surface area contributed by atoms with E-state index in [9.17, 15) is 0 Å². The van der Waals surface area contributed by atoms with E-state index in [1.54, 1.807) is 14.2 Å². The second kappa shape index (κ2) is 10.5. The van der Waals surface area contributed by atoms with Crippen molar-refractivity contribution in [3.05, 3.63) is 47.8 Å². The first-order valence-corrected chi connectivity index (χ1v) is 14.6. The number of imidazole rings is 1. The number of pyridine rings is 1. The molecule has 0 amide bonds. The third-order valence-electron chi connectivity index (χ3n) is 9.39. The highest BCUT2D eigenvalue weighted by atomic mass is 16.5. The van der Waals surface area contributed by atoms with Gasteiger partial charge in [-0.05, 0) is 99.7 Å². The largest absolute Gasteiger partial charge is 0.493 e. The molecule has 2 unspecified atom stereocenters. The van der Waals surface area contributed by atoms with Gasteiger partial charge in [-0.15, -0.1) is 0 Å². The Labute approximate surface area is 227 Å². The van der Waals surface area contributed by atoms with E-state index in [1.807, 2.05) is 12.1 Å². The number of ether oxygens (including phenoxy) is 2. The molecular weight excluding hydrogens is 472 g/mol. The van der Waals surface area contributed by atoms with Crippen molar-refractivity contribution in [3.63, 3.8) is 0 Å². The second-order valence-electron chi connectivity index (χ2n) is 12.3. The summed E-state index contributed by atoms with van der Waals surface area (Å²) in [6.45, 7) is 10.7. The number of nitrogens with zero attached hydrogens (tertiary/aromatic N) is 4. The summed E-state index contributed by atoms with van der Waals surface area (Å²) in [6, 6.07) is 10.8. The predicted molar refractivity (Wildman–Crippen MR) is 153 cm³/mol. The van der Waals surface area contributed by atoms with Gasteiger partial charge in [0.1, 0.15) is 5.65 Å². The smallest absolute Gasteiger partial charge is 0.161 e. The van der Waals surface area contributed by atoms with Crippen LogP contribution in [-0.4, -0.2) is 71.2 Å². The van der Waals surface area contributed by atoms with Gasteiger partial charge in [-0.25, -0.2) is 4.98 Å². The van der Waals surface area contributed by atoms with Gasteiger partial charge in [-0.3, -0.25) is 4.90 Å². The Morgan fingerprint density at radius 2 is 1.61 bits per heavy atom. The average Bonchev–Trinajstić information content (AvgIpc) is 3.45. The van der Waals surface area contributed by atoms with Crippen LogP contribution in [0.25, 0.3) is 16.9 Å². The lowest BCUT2D eigenvalue weighted by Crippen LogP contribution is -2.52. The van der Waals surface area contributed by atoms with E-state index in [4.69, 9.17) is 14.5 Å². The first-order chi connectivity index (χ1) is 18.4. The van der Waals surface area contributed by atoms with Crippen LogP contribution < -0.4 is 9.47 Å². The van der Waals surface area contributed by atoms with E-state index in [-0.39, 0.29) is 0 Å². The summed E-state index contributed by atoms with van der Waals surface area (Å²) in [5.41, 5.74) is 5.72. The minimum absolute atomic E-state index is 0.624. The molecule has 6 nitrogen and oxygen atoms in total. The normalized spacial score (nSPS) is 24.9. The van der Waals surface area contributed by atoms with Crippen LogP contribution in [-0.2, 0) is 0 Å². The van der Waals surface area contributed by atoms with E-state index in [0.29, 0.717) is 5.92 Å². The van der Waals surface area contributed by atoms with Gasteiger partial charge in [0.15, 0.2) is 11.5 Å². The Bertz CT molecular complexity index is 1260. The quantitative estimate of drug-likeness (QED) is 0.376. The molecule has 0 aliphatic carbocycles. The van der Waals surface area contributed by atoms with Gasteiger partial charge in [0.25, 0.3) is 0 Å². The van der Waals surface area contributed by atoms with Crippen LogP contribution >= 0.6 is 0 Å². The standard InChI is InChI=1S/C32H44N4O2/c1-21(2)18-36-26-7-8-27(36)17-28(16-26)34-12-10-23(11-13-34)25-14-22(3)32-33-29(20-35(32)19-25)24-6-9-30(37-4)31(15-24)38-5/h6,9,14-15,19-21,23,26-28H,7-8,10-13,16-18H2,1-5H3. The lowest BCUT2D eigenvalue weighted by atomic mass is 9.87. The Morgan fingerprint density at radius 3 is 2.26 bits per heavy atom. The first kappa shape index (κ1) is 25.7. The molecule has 0 radical (unpaired) electrons. The average molecular weight is 517 g/mol. The Balaban J connectivity index is 1.14. The fraction of sp³-hybridized carbons (Fsp3) is 0.594. The molecule has 6 rings (SSSR count). The third kappa shape index (κ3) is 4.82. The highest BCUT2D eigenvalue weighted by Crippen LogP contribution is 2.40. The number of hydrogen-bond acceptors (Lipinski definition) is 5. The van der Waals surface area contributed by atoms with Crippen molar-refractivity contribution in [2.75, 3.05) is 33.9 Å². The van der Waals surface area contributed by atoms with E-state index in [1.165, 1.54) is 69.3 Å². The lowest BCUT2D eigenvalue weighted by Gasteiger charge is -2.46. The van der Waals surface area contributed by atoms with Crippen LogP contribution in [0.1, 0.15) is 69.4 Å². The van der Waals surface area contributed by atoms with Crippen LogP contribution in [0.5, 0.6) is 11.5 Å². The minimum Gasteiger partial charge on any atom is -0.493 e. The highest BCUT2D eigenvalue weighted by Gasteiger charge is 2.42. The lowest BCUT2D eigenvalue weighted by molar-refractivity contribution is 0.0403. The molecule has 5 heterocycles.